The minimum absolute atomic E-state index is 0.250. The molecule has 166 valence electrons. The molecule has 4 rings (SSSR count). The number of benzene rings is 1. The number of imidazole rings is 1. The number of likely N-dealkylation sites (N-methyl/N-ethyl adjacent to an activating group) is 1. The molecule has 10 heteroatoms. The molecule has 1 aromatic carbocycles. The van der Waals surface area contributed by atoms with Gasteiger partial charge in [-0.15, -0.1) is 0 Å². The third-order valence-corrected chi connectivity index (χ3v) is 5.10. The average molecular weight is 428 g/mol. The standard InChI is InChI=1S/C19H24N6.2CH2O2/c1-15-18(14-21-23(15)3)25-9-8-20-19(25)16-4-6-17(7-5-16)24-12-10-22(2)11-13-24;2*2-1-3/h4-9,14H,10-13H2,1-3H3;2*1H,(H,2,3). The number of aryl methyl sites for hydroxylation is 1. The summed E-state index contributed by atoms with van der Waals surface area (Å²) in [6.45, 7) is 5.97. The van der Waals surface area contributed by atoms with Gasteiger partial charge in [0.2, 0.25) is 0 Å². The lowest BCUT2D eigenvalue weighted by atomic mass is 10.1. The summed E-state index contributed by atoms with van der Waals surface area (Å²) >= 11 is 0. The first kappa shape index (κ1) is 23.6. The zero-order valence-corrected chi connectivity index (χ0v) is 17.9. The van der Waals surface area contributed by atoms with E-state index in [0.29, 0.717) is 0 Å². The van der Waals surface area contributed by atoms with Gasteiger partial charge in [-0.25, -0.2) is 4.98 Å². The van der Waals surface area contributed by atoms with E-state index in [4.69, 9.17) is 19.8 Å². The van der Waals surface area contributed by atoms with E-state index in [0.717, 1.165) is 48.9 Å². The minimum Gasteiger partial charge on any atom is -0.483 e. The summed E-state index contributed by atoms with van der Waals surface area (Å²) in [6.07, 6.45) is 5.73. The number of carboxylic acid groups (broad SMARTS) is 2. The van der Waals surface area contributed by atoms with Crippen molar-refractivity contribution >= 4 is 18.6 Å². The van der Waals surface area contributed by atoms with Crippen molar-refractivity contribution in [2.75, 3.05) is 38.1 Å². The van der Waals surface area contributed by atoms with Gasteiger partial charge in [0, 0.05) is 56.9 Å². The van der Waals surface area contributed by atoms with Crippen LogP contribution in [0.1, 0.15) is 5.69 Å². The van der Waals surface area contributed by atoms with Crippen molar-refractivity contribution in [3.8, 4) is 17.1 Å². The topological polar surface area (TPSA) is 117 Å². The van der Waals surface area contributed by atoms with Gasteiger partial charge in [-0.1, -0.05) is 0 Å². The molecule has 1 aliphatic rings. The lowest BCUT2D eigenvalue weighted by molar-refractivity contribution is -0.123. The molecular formula is C21H28N6O4. The van der Waals surface area contributed by atoms with Crippen LogP contribution >= 0.6 is 0 Å². The highest BCUT2D eigenvalue weighted by Crippen LogP contribution is 2.26. The Labute approximate surface area is 181 Å². The van der Waals surface area contributed by atoms with Gasteiger partial charge in [0.05, 0.1) is 17.6 Å². The first-order valence-corrected chi connectivity index (χ1v) is 9.68. The van der Waals surface area contributed by atoms with E-state index in [9.17, 15) is 0 Å². The highest BCUT2D eigenvalue weighted by Gasteiger charge is 2.16. The van der Waals surface area contributed by atoms with Gasteiger partial charge in [0.25, 0.3) is 12.9 Å². The predicted molar refractivity (Wildman–Crippen MR) is 118 cm³/mol. The molecule has 0 unspecified atom stereocenters. The third-order valence-electron chi connectivity index (χ3n) is 5.10. The van der Waals surface area contributed by atoms with Gasteiger partial charge in [0.1, 0.15) is 5.82 Å². The Morgan fingerprint density at radius 1 is 0.968 bits per heavy atom. The van der Waals surface area contributed by atoms with E-state index in [-0.39, 0.29) is 12.9 Å². The summed E-state index contributed by atoms with van der Waals surface area (Å²) < 4.78 is 3.99. The average Bonchev–Trinajstić information content (AvgIpc) is 3.37. The zero-order chi connectivity index (χ0) is 22.8. The summed E-state index contributed by atoms with van der Waals surface area (Å²) in [5.74, 6) is 0.945. The van der Waals surface area contributed by atoms with E-state index >= 15 is 0 Å². The van der Waals surface area contributed by atoms with Crippen molar-refractivity contribution in [2.45, 2.75) is 6.92 Å². The Balaban J connectivity index is 0.000000513. The van der Waals surface area contributed by atoms with Crippen molar-refractivity contribution in [1.82, 2.24) is 24.2 Å². The first-order valence-electron chi connectivity index (χ1n) is 9.68. The zero-order valence-electron chi connectivity index (χ0n) is 17.9. The van der Waals surface area contributed by atoms with Crippen LogP contribution in [0.4, 0.5) is 5.69 Å². The number of carbonyl (C=O) groups is 2. The molecule has 0 radical (unpaired) electrons. The summed E-state index contributed by atoms with van der Waals surface area (Å²) in [5.41, 5.74) is 4.59. The van der Waals surface area contributed by atoms with Crippen LogP contribution in [0.15, 0.2) is 42.9 Å². The van der Waals surface area contributed by atoms with Crippen LogP contribution in [0.3, 0.4) is 0 Å². The lowest BCUT2D eigenvalue weighted by Gasteiger charge is -2.34. The maximum atomic E-state index is 8.36. The second-order valence-corrected chi connectivity index (χ2v) is 6.91. The van der Waals surface area contributed by atoms with Gasteiger partial charge < -0.3 is 20.0 Å². The van der Waals surface area contributed by atoms with Gasteiger partial charge >= 0.3 is 0 Å². The van der Waals surface area contributed by atoms with Crippen LogP contribution < -0.4 is 4.90 Å². The van der Waals surface area contributed by atoms with E-state index in [1.165, 1.54) is 5.69 Å². The van der Waals surface area contributed by atoms with Crippen LogP contribution in [0.5, 0.6) is 0 Å². The number of nitrogens with zero attached hydrogens (tertiary/aromatic N) is 6. The molecule has 0 amide bonds. The fraction of sp³-hybridized carbons (Fsp3) is 0.333. The molecule has 3 aromatic rings. The van der Waals surface area contributed by atoms with Crippen LogP contribution in [0, 0.1) is 6.92 Å². The molecule has 2 N–H and O–H groups in total. The Morgan fingerprint density at radius 2 is 1.55 bits per heavy atom. The summed E-state index contributed by atoms with van der Waals surface area (Å²) in [4.78, 5) is 26.1. The molecule has 31 heavy (non-hydrogen) atoms. The largest absolute Gasteiger partial charge is 0.483 e. The Kier molecular flexibility index (Phi) is 8.77. The normalized spacial score (nSPS) is 13.5. The maximum absolute atomic E-state index is 8.36. The van der Waals surface area contributed by atoms with E-state index < -0.39 is 0 Å². The summed E-state index contributed by atoms with van der Waals surface area (Å²) in [7, 11) is 4.14. The fourth-order valence-corrected chi connectivity index (χ4v) is 3.32. The molecule has 3 heterocycles. The highest BCUT2D eigenvalue weighted by atomic mass is 16.3. The van der Waals surface area contributed by atoms with Crippen molar-refractivity contribution in [3.05, 3.63) is 48.5 Å². The van der Waals surface area contributed by atoms with Crippen LogP contribution in [-0.2, 0) is 16.6 Å². The van der Waals surface area contributed by atoms with E-state index in [2.05, 4.69) is 62.7 Å². The molecule has 0 aliphatic carbocycles. The molecule has 0 atom stereocenters. The Bertz CT molecular complexity index is 953. The SMILES string of the molecule is Cc1c(-n2ccnc2-c2ccc(N3CCN(C)CC3)cc2)cnn1C.O=CO.O=CO. The number of rotatable bonds is 3. The van der Waals surface area contributed by atoms with Crippen molar-refractivity contribution in [2.24, 2.45) is 7.05 Å². The second-order valence-electron chi connectivity index (χ2n) is 6.91. The number of anilines is 1. The maximum Gasteiger partial charge on any atom is 0.290 e. The Morgan fingerprint density at radius 3 is 2.06 bits per heavy atom. The summed E-state index contributed by atoms with van der Waals surface area (Å²) in [6, 6.07) is 8.74. The summed E-state index contributed by atoms with van der Waals surface area (Å²) in [5, 5.41) is 18.1. The number of aromatic nitrogens is 4. The fourth-order valence-electron chi connectivity index (χ4n) is 3.32. The number of hydrogen-bond donors (Lipinski definition) is 2. The van der Waals surface area contributed by atoms with Crippen LogP contribution in [-0.4, -0.2) is 80.6 Å². The molecule has 1 aliphatic heterocycles. The first-order chi connectivity index (χ1) is 15.0. The second kappa shape index (κ2) is 11.5. The molecule has 0 bridgehead atoms. The molecule has 1 saturated heterocycles. The van der Waals surface area contributed by atoms with E-state index in [1.54, 1.807) is 0 Å². The lowest BCUT2D eigenvalue weighted by Crippen LogP contribution is -2.44. The van der Waals surface area contributed by atoms with Gasteiger partial charge in [-0.05, 0) is 38.2 Å². The molecule has 2 aromatic heterocycles. The van der Waals surface area contributed by atoms with Crippen LogP contribution in [0.25, 0.3) is 17.1 Å². The molecule has 10 nitrogen and oxygen atoms in total. The molecule has 0 saturated carbocycles. The van der Waals surface area contributed by atoms with E-state index in [1.807, 2.05) is 30.3 Å². The predicted octanol–water partition coefficient (Wildman–Crippen LogP) is 1.73. The minimum atomic E-state index is -0.250. The van der Waals surface area contributed by atoms with Gasteiger partial charge in [-0.2, -0.15) is 5.10 Å². The van der Waals surface area contributed by atoms with Gasteiger partial charge in [0.15, 0.2) is 0 Å². The smallest absolute Gasteiger partial charge is 0.290 e. The van der Waals surface area contributed by atoms with Gasteiger partial charge in [-0.3, -0.25) is 18.8 Å². The van der Waals surface area contributed by atoms with Crippen molar-refractivity contribution in [3.63, 3.8) is 0 Å². The number of piperazine rings is 1. The molecule has 0 spiro atoms. The molecule has 1 fully saturated rings. The molecular weight excluding hydrogens is 400 g/mol. The monoisotopic (exact) mass is 428 g/mol. The third kappa shape index (κ3) is 5.92. The number of hydrogen-bond acceptors (Lipinski definition) is 6. The highest BCUT2D eigenvalue weighted by molar-refractivity contribution is 5.63. The van der Waals surface area contributed by atoms with Crippen molar-refractivity contribution in [1.29, 1.82) is 0 Å². The quantitative estimate of drug-likeness (QED) is 0.606. The van der Waals surface area contributed by atoms with Crippen molar-refractivity contribution < 1.29 is 19.8 Å². The Hall–Kier alpha value is -3.66. The van der Waals surface area contributed by atoms with Crippen LogP contribution in [0.2, 0.25) is 0 Å².